The van der Waals surface area contributed by atoms with Crippen molar-refractivity contribution in [1.82, 2.24) is 15.5 Å². The summed E-state index contributed by atoms with van der Waals surface area (Å²) in [5.74, 6) is 0.522. The van der Waals surface area contributed by atoms with Gasteiger partial charge in [0.2, 0.25) is 5.88 Å². The summed E-state index contributed by atoms with van der Waals surface area (Å²) in [6.07, 6.45) is -0.445. The molecule has 0 radical (unpaired) electrons. The smallest absolute Gasteiger partial charge is 0.407 e. The van der Waals surface area contributed by atoms with Crippen LogP contribution in [-0.4, -0.2) is 35.0 Å². The normalized spacial score (nSPS) is 11.1. The Morgan fingerprint density at radius 3 is 2.76 bits per heavy atom. The molecule has 0 unspecified atom stereocenters. The molecule has 0 aliphatic rings. The van der Waals surface area contributed by atoms with Gasteiger partial charge in [-0.15, -0.1) is 5.10 Å². The average molecular weight is 241 g/mol. The topological polar surface area (TPSA) is 76.2 Å². The van der Waals surface area contributed by atoms with E-state index in [0.717, 1.165) is 5.69 Å². The van der Waals surface area contributed by atoms with Gasteiger partial charge in [-0.25, -0.2) is 4.79 Å². The molecule has 1 aromatic heterocycles. The Balaban J connectivity index is 2.14. The van der Waals surface area contributed by atoms with Crippen LogP contribution in [0.15, 0.2) is 6.07 Å². The van der Waals surface area contributed by atoms with Crippen LogP contribution < -0.4 is 10.1 Å². The molecule has 0 aliphatic heterocycles. The van der Waals surface area contributed by atoms with Crippen LogP contribution in [0.25, 0.3) is 0 Å². The highest BCUT2D eigenvalue weighted by molar-refractivity contribution is 5.67. The molecule has 0 aliphatic carbocycles. The molecule has 1 heterocycles. The molecule has 1 amide bonds. The van der Waals surface area contributed by atoms with Gasteiger partial charge in [-0.05, 0) is 27.7 Å². The molecule has 1 aromatic rings. The lowest BCUT2D eigenvalue weighted by molar-refractivity contribution is 0.0520. The highest BCUT2D eigenvalue weighted by Crippen LogP contribution is 2.07. The van der Waals surface area contributed by atoms with Crippen molar-refractivity contribution in [1.29, 1.82) is 0 Å². The maximum absolute atomic E-state index is 11.3. The number of aryl methyl sites for hydroxylation is 1. The summed E-state index contributed by atoms with van der Waals surface area (Å²) >= 11 is 0. The number of carbonyl (C=O) groups is 1. The number of ether oxygens (including phenoxy) is 2. The summed E-state index contributed by atoms with van der Waals surface area (Å²) in [6, 6.07) is 1.79. The number of amides is 1. The van der Waals surface area contributed by atoms with Gasteiger partial charge in [0.25, 0.3) is 0 Å². The van der Waals surface area contributed by atoms with Crippen LogP contribution >= 0.6 is 0 Å². The maximum atomic E-state index is 11.3. The maximum Gasteiger partial charge on any atom is 0.407 e. The standard InChI is InChI=1S/C11H19N3O3/c1-8-7-9(14-13-8)16-6-5-12-10(15)17-11(2,3)4/h7H,5-6H2,1-4H3,(H,12,15)(H,13,14). The van der Waals surface area contributed by atoms with Gasteiger partial charge in [0.1, 0.15) is 12.2 Å². The van der Waals surface area contributed by atoms with Crippen molar-refractivity contribution in [2.24, 2.45) is 0 Å². The summed E-state index contributed by atoms with van der Waals surface area (Å²) in [5.41, 5.74) is 0.449. The fourth-order valence-corrected chi connectivity index (χ4v) is 1.09. The number of aromatic amines is 1. The second-order valence-corrected chi connectivity index (χ2v) is 4.67. The van der Waals surface area contributed by atoms with Gasteiger partial charge in [0, 0.05) is 11.8 Å². The first-order valence-corrected chi connectivity index (χ1v) is 5.48. The fraction of sp³-hybridized carbons (Fsp3) is 0.636. The van der Waals surface area contributed by atoms with Crippen LogP contribution in [0.2, 0.25) is 0 Å². The molecule has 0 saturated heterocycles. The summed E-state index contributed by atoms with van der Waals surface area (Å²) in [6.45, 7) is 8.06. The van der Waals surface area contributed by atoms with Gasteiger partial charge >= 0.3 is 6.09 Å². The summed E-state index contributed by atoms with van der Waals surface area (Å²) in [5, 5.41) is 9.26. The minimum atomic E-state index is -0.482. The molecular weight excluding hydrogens is 222 g/mol. The van der Waals surface area contributed by atoms with E-state index in [1.807, 2.05) is 27.7 Å². The number of hydrogen-bond acceptors (Lipinski definition) is 4. The Hall–Kier alpha value is -1.72. The van der Waals surface area contributed by atoms with Crippen LogP contribution in [0.5, 0.6) is 5.88 Å². The van der Waals surface area contributed by atoms with Crippen molar-refractivity contribution in [3.05, 3.63) is 11.8 Å². The van der Waals surface area contributed by atoms with E-state index in [0.29, 0.717) is 19.0 Å². The Labute approximate surface area is 101 Å². The highest BCUT2D eigenvalue weighted by Gasteiger charge is 2.15. The first-order chi connectivity index (χ1) is 7.87. The number of hydrogen-bond donors (Lipinski definition) is 2. The third-order valence-electron chi connectivity index (χ3n) is 1.70. The predicted octanol–water partition coefficient (Wildman–Crippen LogP) is 1.62. The number of rotatable bonds is 4. The van der Waals surface area contributed by atoms with E-state index in [2.05, 4.69) is 15.5 Å². The molecule has 6 nitrogen and oxygen atoms in total. The first kappa shape index (κ1) is 13.3. The minimum Gasteiger partial charge on any atom is -0.475 e. The first-order valence-electron chi connectivity index (χ1n) is 5.48. The number of nitrogens with one attached hydrogen (secondary N) is 2. The van der Waals surface area contributed by atoms with E-state index in [4.69, 9.17) is 9.47 Å². The van der Waals surface area contributed by atoms with E-state index in [1.54, 1.807) is 6.07 Å². The van der Waals surface area contributed by atoms with Gasteiger partial charge < -0.3 is 14.8 Å². The van der Waals surface area contributed by atoms with Gasteiger partial charge in [-0.1, -0.05) is 0 Å². The van der Waals surface area contributed by atoms with Crippen LogP contribution in [-0.2, 0) is 4.74 Å². The van der Waals surface area contributed by atoms with Gasteiger partial charge in [-0.2, -0.15) is 0 Å². The van der Waals surface area contributed by atoms with Crippen LogP contribution in [0, 0.1) is 6.92 Å². The molecule has 0 bridgehead atoms. The minimum absolute atomic E-state index is 0.351. The van der Waals surface area contributed by atoms with E-state index in [-0.39, 0.29) is 0 Å². The van der Waals surface area contributed by atoms with E-state index in [9.17, 15) is 4.79 Å². The van der Waals surface area contributed by atoms with Crippen molar-refractivity contribution < 1.29 is 14.3 Å². The molecule has 0 fully saturated rings. The molecule has 0 aromatic carbocycles. The number of alkyl carbamates (subject to hydrolysis) is 1. The number of nitrogens with zero attached hydrogens (tertiary/aromatic N) is 1. The molecule has 0 spiro atoms. The molecule has 96 valence electrons. The Bertz CT molecular complexity index is 368. The van der Waals surface area contributed by atoms with Crippen molar-refractivity contribution in [2.45, 2.75) is 33.3 Å². The van der Waals surface area contributed by atoms with Crippen molar-refractivity contribution in [2.75, 3.05) is 13.2 Å². The zero-order valence-corrected chi connectivity index (χ0v) is 10.7. The summed E-state index contributed by atoms with van der Waals surface area (Å²) in [7, 11) is 0. The largest absolute Gasteiger partial charge is 0.475 e. The average Bonchev–Trinajstić information content (AvgIpc) is 2.56. The summed E-state index contributed by atoms with van der Waals surface area (Å²) < 4.78 is 10.4. The Morgan fingerprint density at radius 1 is 1.53 bits per heavy atom. The van der Waals surface area contributed by atoms with Gasteiger partial charge in [0.15, 0.2) is 0 Å². The van der Waals surface area contributed by atoms with E-state index in [1.165, 1.54) is 0 Å². The fourth-order valence-electron chi connectivity index (χ4n) is 1.09. The van der Waals surface area contributed by atoms with E-state index >= 15 is 0 Å². The lowest BCUT2D eigenvalue weighted by atomic mass is 10.2. The van der Waals surface area contributed by atoms with Crippen molar-refractivity contribution >= 4 is 6.09 Å². The molecule has 1 rings (SSSR count). The lowest BCUT2D eigenvalue weighted by Crippen LogP contribution is -2.34. The number of carbonyl (C=O) groups excluding carboxylic acids is 1. The number of aromatic nitrogens is 2. The summed E-state index contributed by atoms with van der Waals surface area (Å²) in [4.78, 5) is 11.3. The van der Waals surface area contributed by atoms with Crippen LogP contribution in [0.4, 0.5) is 4.79 Å². The molecule has 2 N–H and O–H groups in total. The third-order valence-corrected chi connectivity index (χ3v) is 1.70. The van der Waals surface area contributed by atoms with Crippen LogP contribution in [0.1, 0.15) is 26.5 Å². The third kappa shape index (κ3) is 5.79. The van der Waals surface area contributed by atoms with Crippen molar-refractivity contribution in [3.63, 3.8) is 0 Å². The number of H-pyrrole nitrogens is 1. The predicted molar refractivity (Wildman–Crippen MR) is 63.1 cm³/mol. The Morgan fingerprint density at radius 2 is 2.24 bits per heavy atom. The SMILES string of the molecule is Cc1cc(OCCNC(=O)OC(C)(C)C)n[nH]1. The monoisotopic (exact) mass is 241 g/mol. The van der Waals surface area contributed by atoms with E-state index < -0.39 is 11.7 Å². The van der Waals surface area contributed by atoms with Crippen molar-refractivity contribution in [3.8, 4) is 5.88 Å². The highest BCUT2D eigenvalue weighted by atomic mass is 16.6. The second kappa shape index (κ2) is 5.56. The molecule has 6 heteroatoms. The molecular formula is C11H19N3O3. The zero-order chi connectivity index (χ0) is 12.9. The molecule has 17 heavy (non-hydrogen) atoms. The van der Waals surface area contributed by atoms with Gasteiger partial charge in [0.05, 0.1) is 6.54 Å². The Kier molecular flexibility index (Phi) is 4.37. The second-order valence-electron chi connectivity index (χ2n) is 4.67. The molecule has 0 atom stereocenters. The molecule has 0 saturated carbocycles. The van der Waals surface area contributed by atoms with Gasteiger partial charge in [-0.3, -0.25) is 5.10 Å². The van der Waals surface area contributed by atoms with Crippen LogP contribution in [0.3, 0.4) is 0 Å². The quantitative estimate of drug-likeness (QED) is 0.785. The lowest BCUT2D eigenvalue weighted by Gasteiger charge is -2.19. The zero-order valence-electron chi connectivity index (χ0n) is 10.7.